The second kappa shape index (κ2) is 11.3. The van der Waals surface area contributed by atoms with Gasteiger partial charge < -0.3 is 10.4 Å². The van der Waals surface area contributed by atoms with Crippen molar-refractivity contribution in [2.45, 2.75) is 39.3 Å². The van der Waals surface area contributed by atoms with Gasteiger partial charge in [0, 0.05) is 19.0 Å². The molecule has 0 aliphatic carbocycles. The topological polar surface area (TPSA) is 49.3 Å². The number of aliphatic carboxylic acids is 1. The number of halogens is 2. The molecule has 0 bridgehead atoms. The maximum Gasteiger partial charge on any atom is 0.303 e. The van der Waals surface area contributed by atoms with Crippen LogP contribution in [0.3, 0.4) is 0 Å². The molecule has 0 aromatic heterocycles. The van der Waals surface area contributed by atoms with Crippen LogP contribution in [0.2, 0.25) is 0 Å². The molecule has 5 heteroatoms. The van der Waals surface area contributed by atoms with Crippen molar-refractivity contribution in [3.8, 4) is 11.1 Å². The van der Waals surface area contributed by atoms with Crippen LogP contribution in [-0.4, -0.2) is 11.1 Å². The SMILES string of the molecule is Cc1cccc(C(C)NCc2cc(-c3ccc(F)c(CCC(=O)O)c3)c3ccccc3c2)c1.Cl. The van der Waals surface area contributed by atoms with Gasteiger partial charge >= 0.3 is 5.97 Å². The van der Waals surface area contributed by atoms with E-state index < -0.39 is 5.97 Å². The first kappa shape index (κ1) is 25.4. The first-order valence-corrected chi connectivity index (χ1v) is 11.2. The minimum absolute atomic E-state index is 0. The van der Waals surface area contributed by atoms with Crippen LogP contribution in [0, 0.1) is 12.7 Å². The molecule has 34 heavy (non-hydrogen) atoms. The molecule has 1 unspecified atom stereocenters. The first-order valence-electron chi connectivity index (χ1n) is 11.2. The molecule has 0 fully saturated rings. The minimum Gasteiger partial charge on any atom is -0.481 e. The van der Waals surface area contributed by atoms with Gasteiger partial charge in [0.05, 0.1) is 0 Å². The monoisotopic (exact) mass is 477 g/mol. The molecule has 2 N–H and O–H groups in total. The smallest absolute Gasteiger partial charge is 0.303 e. The highest BCUT2D eigenvalue weighted by Gasteiger charge is 2.12. The number of aryl methyl sites for hydroxylation is 2. The third kappa shape index (κ3) is 6.02. The second-order valence-electron chi connectivity index (χ2n) is 8.58. The number of benzene rings is 4. The van der Waals surface area contributed by atoms with Crippen LogP contribution in [0.25, 0.3) is 21.9 Å². The number of carbonyl (C=O) groups is 1. The summed E-state index contributed by atoms with van der Waals surface area (Å²) >= 11 is 0. The molecule has 0 aliphatic rings. The van der Waals surface area contributed by atoms with Crippen molar-refractivity contribution < 1.29 is 14.3 Å². The Morgan fingerprint density at radius 3 is 2.56 bits per heavy atom. The summed E-state index contributed by atoms with van der Waals surface area (Å²) < 4.78 is 14.3. The second-order valence-corrected chi connectivity index (χ2v) is 8.58. The van der Waals surface area contributed by atoms with Crippen molar-refractivity contribution in [3.05, 3.63) is 107 Å². The van der Waals surface area contributed by atoms with Crippen molar-refractivity contribution in [2.24, 2.45) is 0 Å². The molecule has 0 saturated heterocycles. The van der Waals surface area contributed by atoms with Crippen molar-refractivity contribution >= 4 is 29.1 Å². The summed E-state index contributed by atoms with van der Waals surface area (Å²) in [5.41, 5.74) is 5.96. The zero-order valence-corrected chi connectivity index (χ0v) is 20.2. The Kier molecular flexibility index (Phi) is 8.43. The number of rotatable bonds is 8. The van der Waals surface area contributed by atoms with Crippen LogP contribution in [-0.2, 0) is 17.8 Å². The van der Waals surface area contributed by atoms with Crippen LogP contribution in [0.1, 0.15) is 41.6 Å². The first-order chi connectivity index (χ1) is 15.9. The van der Waals surface area contributed by atoms with E-state index >= 15 is 0 Å². The van der Waals surface area contributed by atoms with E-state index in [9.17, 15) is 9.18 Å². The highest BCUT2D eigenvalue weighted by Crippen LogP contribution is 2.32. The van der Waals surface area contributed by atoms with Crippen LogP contribution in [0.4, 0.5) is 4.39 Å². The molecule has 4 aromatic carbocycles. The quantitative estimate of drug-likeness (QED) is 0.281. The van der Waals surface area contributed by atoms with Crippen molar-refractivity contribution in [2.75, 3.05) is 0 Å². The van der Waals surface area contributed by atoms with E-state index in [4.69, 9.17) is 5.11 Å². The lowest BCUT2D eigenvalue weighted by atomic mass is 9.93. The summed E-state index contributed by atoms with van der Waals surface area (Å²) in [6.07, 6.45) is 0.0735. The third-order valence-corrected chi connectivity index (χ3v) is 6.04. The fourth-order valence-electron chi connectivity index (χ4n) is 4.22. The van der Waals surface area contributed by atoms with Crippen LogP contribution < -0.4 is 5.32 Å². The Hall–Kier alpha value is -3.21. The van der Waals surface area contributed by atoms with Gasteiger partial charge in [0.2, 0.25) is 0 Å². The molecule has 3 nitrogen and oxygen atoms in total. The lowest BCUT2D eigenvalue weighted by Crippen LogP contribution is -2.18. The van der Waals surface area contributed by atoms with Crippen molar-refractivity contribution in [3.63, 3.8) is 0 Å². The average molecular weight is 478 g/mol. The summed E-state index contributed by atoms with van der Waals surface area (Å²) in [6.45, 7) is 4.95. The normalized spacial score (nSPS) is 11.7. The molecule has 0 saturated carbocycles. The molecule has 4 rings (SSSR count). The molecular weight excluding hydrogens is 449 g/mol. The molecule has 0 heterocycles. The van der Waals surface area contributed by atoms with E-state index in [0.717, 1.165) is 27.5 Å². The predicted octanol–water partition coefficient (Wildman–Crippen LogP) is 7.24. The Bertz CT molecular complexity index is 1300. The molecule has 0 amide bonds. The largest absolute Gasteiger partial charge is 0.481 e. The standard InChI is InChI=1S/C29H28FNO2.ClH/c1-19-6-5-8-22(14-19)20(2)31-18-21-15-23-7-3-4-9-26(23)27(16-21)24-10-12-28(30)25(17-24)11-13-29(32)33;/h3-10,12,14-17,20,31H,11,13,18H2,1-2H3,(H,32,33);1H. The summed E-state index contributed by atoms with van der Waals surface area (Å²) in [5, 5.41) is 14.8. The number of fused-ring (bicyclic) bond motifs is 1. The average Bonchev–Trinajstić information content (AvgIpc) is 2.81. The summed E-state index contributed by atoms with van der Waals surface area (Å²) in [5.74, 6) is -1.30. The van der Waals surface area contributed by atoms with Crippen molar-refractivity contribution in [1.29, 1.82) is 0 Å². The molecular formula is C29H29ClFNO2. The summed E-state index contributed by atoms with van der Waals surface area (Å²) in [4.78, 5) is 11.0. The third-order valence-electron chi connectivity index (χ3n) is 6.04. The van der Waals surface area contributed by atoms with Crippen LogP contribution in [0.5, 0.6) is 0 Å². The van der Waals surface area contributed by atoms with E-state index in [0.29, 0.717) is 12.1 Å². The Balaban J connectivity index is 0.00000324. The lowest BCUT2D eigenvalue weighted by Gasteiger charge is -2.17. The highest BCUT2D eigenvalue weighted by atomic mass is 35.5. The zero-order valence-electron chi connectivity index (χ0n) is 19.3. The van der Waals surface area contributed by atoms with Gasteiger partial charge in [-0.15, -0.1) is 12.4 Å². The molecule has 0 radical (unpaired) electrons. The molecule has 4 aromatic rings. The van der Waals surface area contributed by atoms with E-state index in [2.05, 4.69) is 67.7 Å². The van der Waals surface area contributed by atoms with Gasteiger partial charge in [-0.1, -0.05) is 60.2 Å². The van der Waals surface area contributed by atoms with Crippen molar-refractivity contribution in [1.82, 2.24) is 5.32 Å². The number of nitrogens with one attached hydrogen (secondary N) is 1. The number of carboxylic acids is 1. The molecule has 176 valence electrons. The van der Waals surface area contributed by atoms with Crippen LogP contribution >= 0.6 is 12.4 Å². The number of hydrogen-bond donors (Lipinski definition) is 2. The summed E-state index contributed by atoms with van der Waals surface area (Å²) in [6, 6.07) is 26.2. The Labute approximate surface area is 206 Å². The van der Waals surface area contributed by atoms with Gasteiger partial charge in [-0.2, -0.15) is 0 Å². The maximum atomic E-state index is 14.3. The lowest BCUT2D eigenvalue weighted by molar-refractivity contribution is -0.136. The zero-order chi connectivity index (χ0) is 23.4. The van der Waals surface area contributed by atoms with E-state index in [1.165, 1.54) is 17.2 Å². The minimum atomic E-state index is -0.930. The van der Waals surface area contributed by atoms with Gasteiger partial charge in [-0.25, -0.2) is 4.39 Å². The van der Waals surface area contributed by atoms with E-state index in [1.54, 1.807) is 12.1 Å². The van der Waals surface area contributed by atoms with Gasteiger partial charge in [0.15, 0.2) is 0 Å². The van der Waals surface area contributed by atoms with Gasteiger partial charge in [0.1, 0.15) is 5.82 Å². The van der Waals surface area contributed by atoms with Gasteiger partial charge in [-0.3, -0.25) is 4.79 Å². The fraction of sp³-hybridized carbons (Fsp3) is 0.207. The molecule has 0 aliphatic heterocycles. The number of hydrogen-bond acceptors (Lipinski definition) is 2. The summed E-state index contributed by atoms with van der Waals surface area (Å²) in [7, 11) is 0. The maximum absolute atomic E-state index is 14.3. The Morgan fingerprint density at radius 2 is 1.79 bits per heavy atom. The van der Waals surface area contributed by atoms with E-state index in [1.807, 2.05) is 12.1 Å². The Morgan fingerprint density at radius 1 is 1.00 bits per heavy atom. The molecule has 0 spiro atoms. The van der Waals surface area contributed by atoms with Gasteiger partial charge in [-0.05, 0) is 83.1 Å². The predicted molar refractivity (Wildman–Crippen MR) is 139 cm³/mol. The molecule has 1 atom stereocenters. The number of carboxylic acid groups (broad SMARTS) is 1. The van der Waals surface area contributed by atoms with Crippen LogP contribution in [0.15, 0.2) is 78.9 Å². The fourth-order valence-corrected chi connectivity index (χ4v) is 4.22. The van der Waals surface area contributed by atoms with E-state index in [-0.39, 0.29) is 37.1 Å². The highest BCUT2D eigenvalue weighted by molar-refractivity contribution is 5.97. The van der Waals surface area contributed by atoms with Gasteiger partial charge in [0.25, 0.3) is 0 Å².